The fraction of sp³-hybridized carbons (Fsp3) is 0.550. The van der Waals surface area contributed by atoms with E-state index in [0.717, 1.165) is 38.5 Å². The molecule has 1 heterocycles. The molecule has 1 aliphatic carbocycles. The van der Waals surface area contributed by atoms with Crippen molar-refractivity contribution < 1.29 is 19.1 Å². The number of hydrogen-bond acceptors (Lipinski definition) is 4. The molecule has 0 spiro atoms. The molecule has 3 amide bonds. The fourth-order valence-corrected chi connectivity index (χ4v) is 3.69. The minimum Gasteiger partial charge on any atom is -0.382 e. The molecule has 1 aliphatic heterocycles. The summed E-state index contributed by atoms with van der Waals surface area (Å²) >= 11 is 0. The van der Waals surface area contributed by atoms with Gasteiger partial charge in [0, 0.05) is 31.4 Å². The first-order valence-corrected chi connectivity index (χ1v) is 9.51. The van der Waals surface area contributed by atoms with E-state index < -0.39 is 0 Å². The summed E-state index contributed by atoms with van der Waals surface area (Å²) < 4.78 is 5.24. The number of carbonyl (C=O) groups is 3. The van der Waals surface area contributed by atoms with Crippen LogP contribution in [0.15, 0.2) is 18.2 Å². The van der Waals surface area contributed by atoms with Crippen LogP contribution in [-0.4, -0.2) is 48.4 Å². The Kier molecular flexibility index (Phi) is 6.04. The van der Waals surface area contributed by atoms with E-state index in [1.807, 2.05) is 6.92 Å². The predicted octanol–water partition coefficient (Wildman–Crippen LogP) is 2.77. The van der Waals surface area contributed by atoms with Crippen molar-refractivity contribution in [3.8, 4) is 0 Å². The van der Waals surface area contributed by atoms with Crippen LogP contribution in [0.5, 0.6) is 0 Å². The third-order valence-corrected chi connectivity index (χ3v) is 5.08. The van der Waals surface area contributed by atoms with Crippen LogP contribution >= 0.6 is 0 Å². The first-order valence-electron chi connectivity index (χ1n) is 9.51. The molecule has 1 aromatic carbocycles. The highest BCUT2D eigenvalue weighted by Crippen LogP contribution is 2.31. The summed E-state index contributed by atoms with van der Waals surface area (Å²) in [6, 6.07) is 4.77. The zero-order valence-corrected chi connectivity index (χ0v) is 15.3. The van der Waals surface area contributed by atoms with E-state index in [2.05, 4.69) is 5.32 Å². The van der Waals surface area contributed by atoms with Crippen LogP contribution < -0.4 is 5.32 Å². The quantitative estimate of drug-likeness (QED) is 0.601. The molecule has 0 atom stereocenters. The lowest BCUT2D eigenvalue weighted by Gasteiger charge is -2.29. The van der Waals surface area contributed by atoms with Gasteiger partial charge in [0.05, 0.1) is 11.1 Å². The second-order valence-corrected chi connectivity index (χ2v) is 6.84. The molecule has 6 heteroatoms. The highest BCUT2D eigenvalue weighted by Gasteiger charge is 2.40. The molecule has 26 heavy (non-hydrogen) atoms. The summed E-state index contributed by atoms with van der Waals surface area (Å²) in [5.74, 6) is -0.718. The topological polar surface area (TPSA) is 75.7 Å². The van der Waals surface area contributed by atoms with Gasteiger partial charge in [0.25, 0.3) is 17.7 Å². The first kappa shape index (κ1) is 18.6. The van der Waals surface area contributed by atoms with E-state index in [9.17, 15) is 14.4 Å². The molecule has 6 nitrogen and oxygen atoms in total. The van der Waals surface area contributed by atoms with Crippen molar-refractivity contribution in [1.82, 2.24) is 10.2 Å². The second-order valence-electron chi connectivity index (χ2n) is 6.84. The van der Waals surface area contributed by atoms with Crippen LogP contribution in [0, 0.1) is 0 Å². The van der Waals surface area contributed by atoms with Crippen molar-refractivity contribution in [3.05, 3.63) is 34.9 Å². The number of carbonyl (C=O) groups excluding carboxylic acids is 3. The normalized spacial score (nSPS) is 17.5. The van der Waals surface area contributed by atoms with E-state index in [-0.39, 0.29) is 23.8 Å². The second kappa shape index (κ2) is 8.45. The number of amides is 3. The number of rotatable bonds is 7. The van der Waals surface area contributed by atoms with Gasteiger partial charge in [0.1, 0.15) is 0 Å². The average molecular weight is 358 g/mol. The molecule has 0 bridgehead atoms. The number of hydrogen-bond donors (Lipinski definition) is 1. The zero-order chi connectivity index (χ0) is 18.5. The van der Waals surface area contributed by atoms with E-state index in [0.29, 0.717) is 36.4 Å². The summed E-state index contributed by atoms with van der Waals surface area (Å²) in [6.07, 6.45) is 5.74. The van der Waals surface area contributed by atoms with Crippen LogP contribution in [0.4, 0.5) is 0 Å². The third kappa shape index (κ3) is 3.80. The maximum absolute atomic E-state index is 12.8. The molecule has 0 radical (unpaired) electrons. The van der Waals surface area contributed by atoms with Crippen LogP contribution in [0.3, 0.4) is 0 Å². The monoisotopic (exact) mass is 358 g/mol. The van der Waals surface area contributed by atoms with Crippen molar-refractivity contribution in [2.24, 2.45) is 0 Å². The summed E-state index contributed by atoms with van der Waals surface area (Å²) in [4.78, 5) is 39.1. The maximum Gasteiger partial charge on any atom is 0.261 e. The van der Waals surface area contributed by atoms with Gasteiger partial charge in [-0.15, -0.1) is 0 Å². The number of nitrogens with zero attached hydrogens (tertiary/aromatic N) is 1. The molecule has 0 saturated heterocycles. The molecular weight excluding hydrogens is 332 g/mol. The predicted molar refractivity (Wildman–Crippen MR) is 97.3 cm³/mol. The molecule has 1 aromatic rings. The van der Waals surface area contributed by atoms with Crippen LogP contribution in [0.1, 0.15) is 76.5 Å². The molecule has 1 N–H and O–H groups in total. The SMILES string of the molecule is CCOCCCNC(=O)c1ccc2c(c1)C(=O)N(C1CCCCC1)C2=O. The lowest BCUT2D eigenvalue weighted by atomic mass is 9.94. The fourth-order valence-electron chi connectivity index (χ4n) is 3.69. The summed E-state index contributed by atoms with van der Waals surface area (Å²) in [5, 5.41) is 2.82. The van der Waals surface area contributed by atoms with E-state index in [1.165, 1.54) is 4.90 Å². The highest BCUT2D eigenvalue weighted by atomic mass is 16.5. The van der Waals surface area contributed by atoms with Crippen LogP contribution in [0.2, 0.25) is 0 Å². The molecule has 3 rings (SSSR count). The Hall–Kier alpha value is -2.21. The average Bonchev–Trinajstić information content (AvgIpc) is 2.92. The Bertz CT molecular complexity index is 695. The number of benzene rings is 1. The van der Waals surface area contributed by atoms with Gasteiger partial charge in [0.15, 0.2) is 0 Å². The third-order valence-electron chi connectivity index (χ3n) is 5.08. The highest BCUT2D eigenvalue weighted by molar-refractivity contribution is 6.22. The largest absolute Gasteiger partial charge is 0.382 e. The van der Waals surface area contributed by atoms with E-state index >= 15 is 0 Å². The van der Waals surface area contributed by atoms with Gasteiger partial charge in [-0.25, -0.2) is 0 Å². The Morgan fingerprint density at radius 1 is 1.15 bits per heavy atom. The van der Waals surface area contributed by atoms with Crippen molar-refractivity contribution >= 4 is 17.7 Å². The molecule has 1 saturated carbocycles. The number of nitrogens with one attached hydrogen (secondary N) is 1. The summed E-state index contributed by atoms with van der Waals surface area (Å²) in [7, 11) is 0. The molecular formula is C20H26N2O4. The molecule has 2 aliphatic rings. The lowest BCUT2D eigenvalue weighted by molar-refractivity contribution is 0.0548. The minimum absolute atomic E-state index is 0.00741. The molecule has 0 aromatic heterocycles. The van der Waals surface area contributed by atoms with Gasteiger partial charge in [-0.2, -0.15) is 0 Å². The Morgan fingerprint density at radius 3 is 2.62 bits per heavy atom. The first-order chi connectivity index (χ1) is 12.6. The van der Waals surface area contributed by atoms with Gasteiger partial charge < -0.3 is 10.1 Å². The van der Waals surface area contributed by atoms with Gasteiger partial charge >= 0.3 is 0 Å². The Morgan fingerprint density at radius 2 is 1.88 bits per heavy atom. The van der Waals surface area contributed by atoms with Gasteiger partial charge in [-0.05, 0) is 44.4 Å². The molecule has 0 unspecified atom stereocenters. The smallest absolute Gasteiger partial charge is 0.261 e. The number of imide groups is 1. The van der Waals surface area contributed by atoms with Gasteiger partial charge in [-0.1, -0.05) is 19.3 Å². The summed E-state index contributed by atoms with van der Waals surface area (Å²) in [5.41, 5.74) is 1.17. The molecule has 1 fully saturated rings. The minimum atomic E-state index is -0.261. The summed E-state index contributed by atoms with van der Waals surface area (Å²) in [6.45, 7) is 3.70. The van der Waals surface area contributed by atoms with Crippen molar-refractivity contribution in [1.29, 1.82) is 0 Å². The Labute approximate surface area is 153 Å². The van der Waals surface area contributed by atoms with Crippen molar-refractivity contribution in [2.45, 2.75) is 51.5 Å². The van der Waals surface area contributed by atoms with E-state index in [1.54, 1.807) is 18.2 Å². The van der Waals surface area contributed by atoms with Gasteiger partial charge in [-0.3, -0.25) is 19.3 Å². The van der Waals surface area contributed by atoms with Crippen LogP contribution in [-0.2, 0) is 4.74 Å². The van der Waals surface area contributed by atoms with Gasteiger partial charge in [0.2, 0.25) is 0 Å². The molecule has 140 valence electrons. The van der Waals surface area contributed by atoms with Crippen LogP contribution in [0.25, 0.3) is 0 Å². The standard InChI is InChI=1S/C20H26N2O4/c1-2-26-12-6-11-21-18(23)14-9-10-16-17(13-14)20(25)22(19(16)24)15-7-4-3-5-8-15/h9-10,13,15H,2-8,11-12H2,1H3,(H,21,23). The van der Waals surface area contributed by atoms with Crippen molar-refractivity contribution in [3.63, 3.8) is 0 Å². The Balaban J connectivity index is 1.68. The number of fused-ring (bicyclic) bond motifs is 1. The number of ether oxygens (including phenoxy) is 1. The van der Waals surface area contributed by atoms with Crippen molar-refractivity contribution in [2.75, 3.05) is 19.8 Å². The van der Waals surface area contributed by atoms with E-state index in [4.69, 9.17) is 4.74 Å². The zero-order valence-electron chi connectivity index (χ0n) is 15.3. The lowest BCUT2D eigenvalue weighted by Crippen LogP contribution is -2.40. The maximum atomic E-state index is 12.8.